The molecule has 106 valence electrons. The van der Waals surface area contributed by atoms with Crippen molar-refractivity contribution in [3.05, 3.63) is 29.3 Å². The number of hydrogen-bond donors (Lipinski definition) is 1. The molecular formula is C15H20N4O. The fourth-order valence-electron chi connectivity index (χ4n) is 2.65. The van der Waals surface area contributed by atoms with Crippen LogP contribution >= 0.6 is 0 Å². The number of nitrogens with zero attached hydrogens (tertiary/aromatic N) is 3. The minimum Gasteiger partial charge on any atom is -0.334 e. The second-order valence-corrected chi connectivity index (χ2v) is 5.40. The standard InChI is InChI=1S/C15H20N4O/c1-10-7-8-12(11(2)17-10)15-18-14(19-20-15)13-6-4-3-5-9-16-13/h7-8,13,16H,3-6,9H2,1-2H3. The lowest BCUT2D eigenvalue weighted by molar-refractivity contribution is 0.402. The van der Waals surface area contributed by atoms with E-state index < -0.39 is 0 Å². The van der Waals surface area contributed by atoms with E-state index in [0.717, 1.165) is 35.7 Å². The van der Waals surface area contributed by atoms with E-state index in [4.69, 9.17) is 4.52 Å². The molecule has 3 heterocycles. The van der Waals surface area contributed by atoms with Crippen LogP contribution < -0.4 is 5.32 Å². The Balaban J connectivity index is 1.85. The van der Waals surface area contributed by atoms with Gasteiger partial charge in [0.25, 0.3) is 5.89 Å². The zero-order chi connectivity index (χ0) is 13.9. The van der Waals surface area contributed by atoms with Gasteiger partial charge in [0.2, 0.25) is 0 Å². The first-order chi connectivity index (χ1) is 9.74. The van der Waals surface area contributed by atoms with Crippen LogP contribution in [-0.2, 0) is 0 Å². The maximum Gasteiger partial charge on any atom is 0.259 e. The maximum atomic E-state index is 5.42. The van der Waals surface area contributed by atoms with Crippen molar-refractivity contribution in [3.63, 3.8) is 0 Å². The Hall–Kier alpha value is -1.75. The van der Waals surface area contributed by atoms with E-state index in [9.17, 15) is 0 Å². The number of rotatable bonds is 2. The topological polar surface area (TPSA) is 63.8 Å². The van der Waals surface area contributed by atoms with Gasteiger partial charge in [-0.05, 0) is 45.4 Å². The van der Waals surface area contributed by atoms with Gasteiger partial charge in [0.15, 0.2) is 5.82 Å². The molecule has 2 aromatic rings. The van der Waals surface area contributed by atoms with Gasteiger partial charge in [-0.1, -0.05) is 18.0 Å². The van der Waals surface area contributed by atoms with E-state index in [-0.39, 0.29) is 6.04 Å². The summed E-state index contributed by atoms with van der Waals surface area (Å²) in [5, 5.41) is 7.63. The largest absolute Gasteiger partial charge is 0.334 e. The molecule has 3 rings (SSSR count). The molecule has 0 amide bonds. The third-order valence-electron chi connectivity index (χ3n) is 3.77. The Kier molecular flexibility index (Phi) is 3.78. The van der Waals surface area contributed by atoms with E-state index in [0.29, 0.717) is 5.89 Å². The molecule has 0 aliphatic carbocycles. The number of hydrogen-bond acceptors (Lipinski definition) is 5. The van der Waals surface area contributed by atoms with Crippen LogP contribution in [0.15, 0.2) is 16.7 Å². The van der Waals surface area contributed by atoms with Crippen LogP contribution in [0.2, 0.25) is 0 Å². The molecule has 1 atom stereocenters. The molecule has 0 bridgehead atoms. The van der Waals surface area contributed by atoms with Crippen molar-refractivity contribution in [2.75, 3.05) is 6.54 Å². The number of aryl methyl sites for hydroxylation is 2. The van der Waals surface area contributed by atoms with Crippen LogP contribution in [0.3, 0.4) is 0 Å². The van der Waals surface area contributed by atoms with E-state index in [1.54, 1.807) is 0 Å². The van der Waals surface area contributed by atoms with Crippen molar-refractivity contribution in [2.45, 2.75) is 45.6 Å². The van der Waals surface area contributed by atoms with Gasteiger partial charge in [-0.2, -0.15) is 4.98 Å². The van der Waals surface area contributed by atoms with Crippen molar-refractivity contribution in [1.82, 2.24) is 20.4 Å². The van der Waals surface area contributed by atoms with Crippen molar-refractivity contribution >= 4 is 0 Å². The molecule has 20 heavy (non-hydrogen) atoms. The van der Waals surface area contributed by atoms with E-state index in [1.807, 2.05) is 26.0 Å². The second kappa shape index (κ2) is 5.71. The Morgan fingerprint density at radius 1 is 1.15 bits per heavy atom. The lowest BCUT2D eigenvalue weighted by Gasteiger charge is -2.09. The lowest BCUT2D eigenvalue weighted by Crippen LogP contribution is -2.21. The average Bonchev–Trinajstić information content (AvgIpc) is 2.74. The summed E-state index contributed by atoms with van der Waals surface area (Å²) in [4.78, 5) is 9.00. The van der Waals surface area contributed by atoms with Crippen LogP contribution in [0.4, 0.5) is 0 Å². The van der Waals surface area contributed by atoms with Gasteiger partial charge in [-0.25, -0.2) is 0 Å². The van der Waals surface area contributed by atoms with Gasteiger partial charge >= 0.3 is 0 Å². The SMILES string of the molecule is Cc1ccc(-c2nc(C3CCCCCN3)no2)c(C)n1. The molecule has 1 aliphatic rings. The van der Waals surface area contributed by atoms with Crippen molar-refractivity contribution in [2.24, 2.45) is 0 Å². The van der Waals surface area contributed by atoms with Gasteiger partial charge in [0.05, 0.1) is 17.3 Å². The summed E-state index contributed by atoms with van der Waals surface area (Å²) in [6.45, 7) is 4.97. The monoisotopic (exact) mass is 272 g/mol. The van der Waals surface area contributed by atoms with E-state index in [1.165, 1.54) is 19.3 Å². The van der Waals surface area contributed by atoms with Crippen molar-refractivity contribution < 1.29 is 4.52 Å². The van der Waals surface area contributed by atoms with Crippen LogP contribution in [0.5, 0.6) is 0 Å². The summed E-state index contributed by atoms with van der Waals surface area (Å²) in [7, 11) is 0. The van der Waals surface area contributed by atoms with Gasteiger partial charge in [-0.3, -0.25) is 4.98 Å². The highest BCUT2D eigenvalue weighted by molar-refractivity contribution is 5.55. The lowest BCUT2D eigenvalue weighted by atomic mass is 10.1. The summed E-state index contributed by atoms with van der Waals surface area (Å²) in [5.41, 5.74) is 2.84. The quantitative estimate of drug-likeness (QED) is 0.910. The fourth-order valence-corrected chi connectivity index (χ4v) is 2.65. The fraction of sp³-hybridized carbons (Fsp3) is 0.533. The second-order valence-electron chi connectivity index (χ2n) is 5.40. The van der Waals surface area contributed by atoms with Crippen molar-refractivity contribution in [3.8, 4) is 11.5 Å². The molecule has 1 N–H and O–H groups in total. The third kappa shape index (κ3) is 2.72. The van der Waals surface area contributed by atoms with Gasteiger partial charge < -0.3 is 9.84 Å². The van der Waals surface area contributed by atoms with Crippen LogP contribution in [0, 0.1) is 13.8 Å². The summed E-state index contributed by atoms with van der Waals surface area (Å²) in [5.74, 6) is 1.33. The average molecular weight is 272 g/mol. The Bertz CT molecular complexity index is 585. The van der Waals surface area contributed by atoms with Crippen LogP contribution in [0.1, 0.15) is 48.9 Å². The highest BCUT2D eigenvalue weighted by Crippen LogP contribution is 2.25. The molecule has 5 heteroatoms. The molecule has 1 fully saturated rings. The molecular weight excluding hydrogens is 252 g/mol. The minimum atomic E-state index is 0.216. The van der Waals surface area contributed by atoms with E-state index in [2.05, 4.69) is 20.4 Å². The first-order valence-corrected chi connectivity index (χ1v) is 7.25. The normalized spacial score (nSPS) is 19.8. The summed E-state index contributed by atoms with van der Waals surface area (Å²) in [6.07, 6.45) is 4.79. The van der Waals surface area contributed by atoms with Gasteiger partial charge in [0, 0.05) is 5.69 Å². The number of aromatic nitrogens is 3. The molecule has 0 spiro atoms. The summed E-state index contributed by atoms with van der Waals surface area (Å²) < 4.78 is 5.42. The maximum absolute atomic E-state index is 5.42. The van der Waals surface area contributed by atoms with Crippen LogP contribution in [-0.4, -0.2) is 21.7 Å². The molecule has 0 aromatic carbocycles. The Morgan fingerprint density at radius 2 is 2.05 bits per heavy atom. The molecule has 0 radical (unpaired) electrons. The van der Waals surface area contributed by atoms with Crippen molar-refractivity contribution in [1.29, 1.82) is 0 Å². The van der Waals surface area contributed by atoms with Crippen LogP contribution in [0.25, 0.3) is 11.5 Å². The van der Waals surface area contributed by atoms with E-state index >= 15 is 0 Å². The molecule has 0 saturated carbocycles. The highest BCUT2D eigenvalue weighted by Gasteiger charge is 2.20. The van der Waals surface area contributed by atoms with Gasteiger partial charge in [0.1, 0.15) is 0 Å². The first-order valence-electron chi connectivity index (χ1n) is 7.25. The summed E-state index contributed by atoms with van der Waals surface area (Å²) >= 11 is 0. The van der Waals surface area contributed by atoms with Gasteiger partial charge in [-0.15, -0.1) is 0 Å². The predicted molar refractivity (Wildman–Crippen MR) is 76.2 cm³/mol. The number of nitrogens with one attached hydrogen (secondary N) is 1. The Labute approximate surface area is 118 Å². The zero-order valence-corrected chi connectivity index (χ0v) is 12.0. The zero-order valence-electron chi connectivity index (χ0n) is 12.0. The molecule has 1 unspecified atom stereocenters. The molecule has 1 saturated heterocycles. The number of pyridine rings is 1. The minimum absolute atomic E-state index is 0.216. The Morgan fingerprint density at radius 3 is 2.90 bits per heavy atom. The molecule has 5 nitrogen and oxygen atoms in total. The molecule has 2 aromatic heterocycles. The molecule has 1 aliphatic heterocycles. The first kappa shape index (κ1) is 13.2. The highest BCUT2D eigenvalue weighted by atomic mass is 16.5. The predicted octanol–water partition coefficient (Wildman–Crippen LogP) is 2.95. The third-order valence-corrected chi connectivity index (χ3v) is 3.77. The summed E-state index contributed by atoms with van der Waals surface area (Å²) in [6, 6.07) is 4.18. The smallest absolute Gasteiger partial charge is 0.259 e.